The maximum absolute atomic E-state index is 12.1. The van der Waals surface area contributed by atoms with Crippen molar-refractivity contribution in [2.24, 2.45) is 0 Å². The van der Waals surface area contributed by atoms with Gasteiger partial charge in [0.15, 0.2) is 0 Å². The van der Waals surface area contributed by atoms with Crippen LogP contribution >= 0.6 is 11.6 Å². The molecule has 7 heteroatoms. The van der Waals surface area contributed by atoms with Crippen molar-refractivity contribution in [2.45, 2.75) is 31.8 Å². The number of aromatic nitrogens is 1. The molecule has 3 atom stereocenters. The third-order valence-electron chi connectivity index (χ3n) is 7.49. The molecule has 3 aromatic rings. The van der Waals surface area contributed by atoms with E-state index in [0.29, 0.717) is 35.6 Å². The van der Waals surface area contributed by atoms with Gasteiger partial charge in [0.1, 0.15) is 11.6 Å². The van der Waals surface area contributed by atoms with Crippen LogP contribution in [0.1, 0.15) is 19.8 Å². The van der Waals surface area contributed by atoms with Gasteiger partial charge in [0.2, 0.25) is 5.91 Å². The van der Waals surface area contributed by atoms with Gasteiger partial charge in [-0.05, 0) is 48.7 Å². The summed E-state index contributed by atoms with van der Waals surface area (Å²) in [7, 11) is 0. The number of hydrogen-bond donors (Lipinski definition) is 1. The first-order chi connectivity index (χ1) is 16.5. The smallest absolute Gasteiger partial charge is 0.227 e. The van der Waals surface area contributed by atoms with Gasteiger partial charge in [0.25, 0.3) is 0 Å². The highest BCUT2D eigenvalue weighted by Gasteiger charge is 2.47. The second-order valence-corrected chi connectivity index (χ2v) is 9.82. The van der Waals surface area contributed by atoms with Gasteiger partial charge >= 0.3 is 0 Å². The molecule has 2 unspecified atom stereocenters. The lowest BCUT2D eigenvalue weighted by Gasteiger charge is -2.28. The third kappa shape index (κ3) is 3.62. The van der Waals surface area contributed by atoms with E-state index in [0.717, 1.165) is 54.3 Å². The number of pyridine rings is 1. The van der Waals surface area contributed by atoms with Crippen molar-refractivity contribution in [3.8, 4) is 28.0 Å². The molecule has 6 rings (SSSR count). The van der Waals surface area contributed by atoms with Crippen LogP contribution in [0.5, 0.6) is 5.75 Å². The summed E-state index contributed by atoms with van der Waals surface area (Å²) in [5, 5.41) is 11.8. The number of anilines is 2. The van der Waals surface area contributed by atoms with Gasteiger partial charge in [0.05, 0.1) is 10.7 Å². The largest absolute Gasteiger partial charge is 0.507 e. The van der Waals surface area contributed by atoms with E-state index >= 15 is 0 Å². The van der Waals surface area contributed by atoms with Crippen LogP contribution in [0, 0.1) is 0 Å². The van der Waals surface area contributed by atoms with Crippen molar-refractivity contribution in [1.82, 2.24) is 9.88 Å². The standard InChI is InChI=1S/C27H27ClN4O2/c1-17-24-16-30(12-13-31(17)24)25-15-19(9-10-29-25)21-5-2-4-20(27(21)34)18-7-8-23(22(28)14-18)32-11-3-6-26(32)33/h2,4-5,7-10,14-15,17,24,34H,3,6,11-13,16H2,1H3/t17-,24?,31?/m1/s1. The lowest BCUT2D eigenvalue weighted by molar-refractivity contribution is -0.117. The molecule has 34 heavy (non-hydrogen) atoms. The summed E-state index contributed by atoms with van der Waals surface area (Å²) >= 11 is 6.57. The molecule has 0 aliphatic carbocycles. The molecular weight excluding hydrogens is 448 g/mol. The molecule has 0 bridgehead atoms. The Morgan fingerprint density at radius 1 is 1.03 bits per heavy atom. The fourth-order valence-corrected chi connectivity index (χ4v) is 5.71. The monoisotopic (exact) mass is 474 g/mol. The molecule has 0 saturated carbocycles. The Kier molecular flexibility index (Phi) is 5.23. The van der Waals surface area contributed by atoms with Crippen molar-refractivity contribution < 1.29 is 9.90 Å². The highest BCUT2D eigenvalue weighted by atomic mass is 35.5. The van der Waals surface area contributed by atoms with Gasteiger partial charge in [-0.15, -0.1) is 0 Å². The van der Waals surface area contributed by atoms with E-state index in [9.17, 15) is 9.90 Å². The minimum absolute atomic E-state index is 0.102. The molecule has 3 saturated heterocycles. The summed E-state index contributed by atoms with van der Waals surface area (Å²) in [6.07, 6.45) is 3.23. The minimum atomic E-state index is 0.102. The molecule has 0 radical (unpaired) electrons. The SMILES string of the molecule is C[C@@H]1C2CN(c3cc(-c4cccc(-c5ccc(N6CCCC6=O)c(Cl)c5)c4O)ccn3)CCN21. The van der Waals surface area contributed by atoms with Gasteiger partial charge in [-0.25, -0.2) is 4.98 Å². The summed E-state index contributed by atoms with van der Waals surface area (Å²) in [5.41, 5.74) is 3.94. The zero-order valence-corrected chi connectivity index (χ0v) is 19.9. The van der Waals surface area contributed by atoms with Crippen molar-refractivity contribution >= 4 is 29.0 Å². The van der Waals surface area contributed by atoms with Gasteiger partial charge in [-0.3, -0.25) is 9.69 Å². The first kappa shape index (κ1) is 21.4. The van der Waals surface area contributed by atoms with E-state index in [1.54, 1.807) is 4.90 Å². The molecule has 3 aliphatic heterocycles. The number of benzene rings is 2. The first-order valence-electron chi connectivity index (χ1n) is 11.9. The average molecular weight is 475 g/mol. The number of aromatic hydroxyl groups is 1. The fourth-order valence-electron chi connectivity index (χ4n) is 5.43. The number of phenols is 1. The molecule has 1 amide bonds. The van der Waals surface area contributed by atoms with Gasteiger partial charge in [-0.1, -0.05) is 35.9 Å². The maximum atomic E-state index is 12.1. The average Bonchev–Trinajstić information content (AvgIpc) is 3.29. The number of phenolic OH excluding ortho intramolecular Hbond substituents is 1. The molecular formula is C27H27ClN4O2. The Labute approximate surface area is 204 Å². The summed E-state index contributed by atoms with van der Waals surface area (Å²) in [5.74, 6) is 1.26. The highest BCUT2D eigenvalue weighted by molar-refractivity contribution is 6.34. The first-order valence-corrected chi connectivity index (χ1v) is 12.3. The predicted octanol–water partition coefficient (Wildman–Crippen LogP) is 4.79. The summed E-state index contributed by atoms with van der Waals surface area (Å²) < 4.78 is 0. The second kappa shape index (κ2) is 8.29. The fraction of sp³-hybridized carbons (Fsp3) is 0.333. The van der Waals surface area contributed by atoms with Gasteiger partial charge in [-0.2, -0.15) is 0 Å². The Morgan fingerprint density at radius 3 is 2.53 bits per heavy atom. The Morgan fingerprint density at radius 2 is 1.82 bits per heavy atom. The molecule has 1 N–H and O–H groups in total. The molecule has 1 aromatic heterocycles. The number of nitrogens with zero attached hydrogens (tertiary/aromatic N) is 4. The molecule has 4 heterocycles. The number of halogens is 1. The predicted molar refractivity (Wildman–Crippen MR) is 136 cm³/mol. The van der Waals surface area contributed by atoms with Gasteiger partial charge < -0.3 is 14.9 Å². The van der Waals surface area contributed by atoms with E-state index in [1.807, 2.05) is 48.7 Å². The Bertz CT molecular complexity index is 1280. The van der Waals surface area contributed by atoms with E-state index in [4.69, 9.17) is 11.6 Å². The Hall–Kier alpha value is -3.09. The van der Waals surface area contributed by atoms with Crippen LogP contribution in [0.3, 0.4) is 0 Å². The second-order valence-electron chi connectivity index (χ2n) is 9.41. The minimum Gasteiger partial charge on any atom is -0.507 e. The summed E-state index contributed by atoms with van der Waals surface area (Å²) in [6.45, 7) is 6.00. The van der Waals surface area contributed by atoms with Crippen LogP contribution in [0.2, 0.25) is 5.02 Å². The van der Waals surface area contributed by atoms with Crippen LogP contribution in [-0.2, 0) is 4.79 Å². The van der Waals surface area contributed by atoms with Crippen LogP contribution in [0.25, 0.3) is 22.3 Å². The van der Waals surface area contributed by atoms with Crippen molar-refractivity contribution in [1.29, 1.82) is 0 Å². The maximum Gasteiger partial charge on any atom is 0.227 e. The normalized spacial score (nSPS) is 23.8. The zero-order chi connectivity index (χ0) is 23.4. The van der Waals surface area contributed by atoms with Crippen LogP contribution < -0.4 is 9.80 Å². The van der Waals surface area contributed by atoms with Gasteiger partial charge in [0, 0.05) is 62.0 Å². The van der Waals surface area contributed by atoms with E-state index in [2.05, 4.69) is 27.8 Å². The molecule has 3 fully saturated rings. The molecule has 0 spiro atoms. The zero-order valence-electron chi connectivity index (χ0n) is 19.1. The summed E-state index contributed by atoms with van der Waals surface area (Å²) in [6, 6.07) is 16.7. The van der Waals surface area contributed by atoms with Crippen LogP contribution in [-0.4, -0.2) is 59.2 Å². The number of amides is 1. The van der Waals surface area contributed by atoms with E-state index in [-0.39, 0.29) is 11.7 Å². The Balaban J connectivity index is 1.31. The third-order valence-corrected chi connectivity index (χ3v) is 7.79. The quantitative estimate of drug-likeness (QED) is 0.551. The summed E-state index contributed by atoms with van der Waals surface area (Å²) in [4.78, 5) is 23.3. The lowest BCUT2D eigenvalue weighted by Crippen LogP contribution is -2.38. The number of piperazine rings is 1. The number of carbonyl (C=O) groups is 1. The number of carbonyl (C=O) groups excluding carboxylic acids is 1. The molecule has 2 aromatic carbocycles. The highest BCUT2D eigenvalue weighted by Crippen LogP contribution is 2.41. The lowest BCUT2D eigenvalue weighted by atomic mass is 9.97. The topological polar surface area (TPSA) is 59.7 Å². The van der Waals surface area contributed by atoms with Crippen LogP contribution in [0.15, 0.2) is 54.7 Å². The van der Waals surface area contributed by atoms with Crippen molar-refractivity contribution in [3.63, 3.8) is 0 Å². The molecule has 3 aliphatic rings. The molecule has 174 valence electrons. The number of para-hydroxylation sites is 1. The van der Waals surface area contributed by atoms with Crippen molar-refractivity contribution in [2.75, 3.05) is 36.0 Å². The van der Waals surface area contributed by atoms with E-state index in [1.165, 1.54) is 0 Å². The number of fused-ring (bicyclic) bond motifs is 1. The van der Waals surface area contributed by atoms with Crippen LogP contribution in [0.4, 0.5) is 11.5 Å². The van der Waals surface area contributed by atoms with E-state index < -0.39 is 0 Å². The number of rotatable bonds is 4. The number of hydrogen-bond acceptors (Lipinski definition) is 5. The molecule has 6 nitrogen and oxygen atoms in total. The van der Waals surface area contributed by atoms with Crippen molar-refractivity contribution in [3.05, 3.63) is 59.8 Å².